The number of likely N-dealkylation sites (tertiary alicyclic amines) is 1. The average molecular weight is 238 g/mol. The average Bonchev–Trinajstić information content (AvgIpc) is 2.39. The van der Waals surface area contributed by atoms with Crippen molar-refractivity contribution < 1.29 is 4.79 Å². The molecule has 1 saturated carbocycles. The summed E-state index contributed by atoms with van der Waals surface area (Å²) in [5.41, 5.74) is 5.73. The lowest BCUT2D eigenvalue weighted by atomic mass is 9.72. The molecule has 0 aromatic rings. The molecule has 1 aliphatic heterocycles. The first kappa shape index (κ1) is 12.9. The lowest BCUT2D eigenvalue weighted by molar-refractivity contribution is -0.147. The Morgan fingerprint density at radius 3 is 2.53 bits per heavy atom. The Hall–Kier alpha value is -0.570. The lowest BCUT2D eigenvalue weighted by Crippen LogP contribution is -2.53. The third-order valence-corrected chi connectivity index (χ3v) is 4.72. The van der Waals surface area contributed by atoms with E-state index in [1.165, 1.54) is 25.7 Å². The minimum atomic E-state index is -0.218. The topological polar surface area (TPSA) is 46.3 Å². The normalized spacial score (nSPS) is 29.1. The molecule has 98 valence electrons. The van der Waals surface area contributed by atoms with Crippen LogP contribution in [0.4, 0.5) is 0 Å². The molecule has 0 bridgehead atoms. The first-order chi connectivity index (χ1) is 8.19. The van der Waals surface area contributed by atoms with E-state index in [0.717, 1.165) is 32.2 Å². The van der Waals surface area contributed by atoms with Gasteiger partial charge in [-0.1, -0.05) is 19.3 Å². The molecule has 0 radical (unpaired) electrons. The summed E-state index contributed by atoms with van der Waals surface area (Å²) in [4.78, 5) is 14.9. The summed E-state index contributed by atoms with van der Waals surface area (Å²) in [5.74, 6) is 0.354. The van der Waals surface area contributed by atoms with Gasteiger partial charge in [0, 0.05) is 19.1 Å². The van der Waals surface area contributed by atoms with Crippen molar-refractivity contribution in [3.8, 4) is 0 Å². The molecule has 1 aliphatic carbocycles. The van der Waals surface area contributed by atoms with Crippen molar-refractivity contribution in [1.82, 2.24) is 4.90 Å². The molecule has 3 heteroatoms. The van der Waals surface area contributed by atoms with E-state index in [9.17, 15) is 4.79 Å². The summed E-state index contributed by atoms with van der Waals surface area (Å²) < 4.78 is 0. The third-order valence-electron chi connectivity index (χ3n) is 4.72. The van der Waals surface area contributed by atoms with Crippen molar-refractivity contribution in [2.75, 3.05) is 13.1 Å². The molecule has 1 unspecified atom stereocenters. The monoisotopic (exact) mass is 238 g/mol. The highest BCUT2D eigenvalue weighted by molar-refractivity contribution is 5.83. The van der Waals surface area contributed by atoms with Crippen molar-refractivity contribution >= 4 is 5.91 Å². The third kappa shape index (κ3) is 2.49. The van der Waals surface area contributed by atoms with Crippen molar-refractivity contribution in [3.63, 3.8) is 0 Å². The number of hydrogen-bond donors (Lipinski definition) is 1. The summed E-state index contributed by atoms with van der Waals surface area (Å²) in [6, 6.07) is 0.418. The Morgan fingerprint density at radius 2 is 1.94 bits per heavy atom. The number of piperidine rings is 1. The summed E-state index contributed by atoms with van der Waals surface area (Å²) in [7, 11) is 0. The first-order valence-corrected chi connectivity index (χ1v) is 7.21. The Bertz CT molecular complexity index is 271. The van der Waals surface area contributed by atoms with Crippen LogP contribution in [0.2, 0.25) is 0 Å². The van der Waals surface area contributed by atoms with Crippen LogP contribution in [0, 0.1) is 5.41 Å². The van der Waals surface area contributed by atoms with Gasteiger partial charge in [-0.05, 0) is 39.0 Å². The predicted octanol–water partition coefficient (Wildman–Crippen LogP) is 2.30. The second-order valence-electron chi connectivity index (χ2n) is 5.89. The van der Waals surface area contributed by atoms with Crippen LogP contribution in [-0.2, 0) is 4.79 Å². The summed E-state index contributed by atoms with van der Waals surface area (Å²) in [5, 5.41) is 0. The van der Waals surface area contributed by atoms with Crippen LogP contribution in [-0.4, -0.2) is 29.9 Å². The molecule has 17 heavy (non-hydrogen) atoms. The van der Waals surface area contributed by atoms with Gasteiger partial charge in [0.2, 0.25) is 5.91 Å². The van der Waals surface area contributed by atoms with Crippen LogP contribution >= 0.6 is 0 Å². The quantitative estimate of drug-likeness (QED) is 0.802. The van der Waals surface area contributed by atoms with E-state index in [1.54, 1.807) is 0 Å². The zero-order valence-corrected chi connectivity index (χ0v) is 11.1. The zero-order chi connectivity index (χ0) is 12.3. The van der Waals surface area contributed by atoms with Gasteiger partial charge in [0.1, 0.15) is 0 Å². The van der Waals surface area contributed by atoms with E-state index < -0.39 is 0 Å². The zero-order valence-electron chi connectivity index (χ0n) is 11.1. The number of nitrogens with two attached hydrogens (primary N) is 1. The molecular weight excluding hydrogens is 212 g/mol. The molecular formula is C14H26N2O. The van der Waals surface area contributed by atoms with Gasteiger partial charge in [-0.2, -0.15) is 0 Å². The first-order valence-electron chi connectivity index (χ1n) is 7.21. The number of carbonyl (C=O) groups is 1. The van der Waals surface area contributed by atoms with Crippen molar-refractivity contribution in [2.45, 2.75) is 64.3 Å². The van der Waals surface area contributed by atoms with Crippen molar-refractivity contribution in [1.29, 1.82) is 0 Å². The molecule has 1 amide bonds. The van der Waals surface area contributed by atoms with Gasteiger partial charge < -0.3 is 10.6 Å². The van der Waals surface area contributed by atoms with Gasteiger partial charge in [0.25, 0.3) is 0 Å². The molecule has 3 nitrogen and oxygen atoms in total. The fourth-order valence-corrected chi connectivity index (χ4v) is 3.44. The van der Waals surface area contributed by atoms with Crippen LogP contribution in [0.1, 0.15) is 58.3 Å². The minimum absolute atomic E-state index is 0.218. The number of hydrogen-bond acceptors (Lipinski definition) is 2. The standard InChI is InChI=1S/C14H26N2O/c1-12-7-3-6-10-16(12)13(17)14(11-15)8-4-2-5-9-14/h12H,2-11,15H2,1H3. The number of rotatable bonds is 2. The minimum Gasteiger partial charge on any atom is -0.339 e. The summed E-state index contributed by atoms with van der Waals surface area (Å²) >= 11 is 0. The molecule has 1 atom stereocenters. The van der Waals surface area contributed by atoms with Crippen LogP contribution < -0.4 is 5.73 Å². The van der Waals surface area contributed by atoms with Crippen LogP contribution in [0.15, 0.2) is 0 Å². The van der Waals surface area contributed by atoms with Gasteiger partial charge >= 0.3 is 0 Å². The maximum Gasteiger partial charge on any atom is 0.230 e. The van der Waals surface area contributed by atoms with Crippen LogP contribution in [0.25, 0.3) is 0 Å². The van der Waals surface area contributed by atoms with Crippen molar-refractivity contribution in [2.24, 2.45) is 11.1 Å². The second-order valence-corrected chi connectivity index (χ2v) is 5.89. The van der Waals surface area contributed by atoms with Gasteiger partial charge in [-0.3, -0.25) is 4.79 Å². The molecule has 0 aromatic carbocycles. The van der Waals surface area contributed by atoms with Gasteiger partial charge in [-0.15, -0.1) is 0 Å². The summed E-state index contributed by atoms with van der Waals surface area (Å²) in [6.45, 7) is 3.67. The molecule has 2 N–H and O–H groups in total. The molecule has 2 aliphatic rings. The maximum absolute atomic E-state index is 12.8. The molecule has 1 saturated heterocycles. The molecule has 2 fully saturated rings. The fraction of sp³-hybridized carbons (Fsp3) is 0.929. The van der Waals surface area contributed by atoms with Gasteiger partial charge in [0.15, 0.2) is 0 Å². The highest BCUT2D eigenvalue weighted by Gasteiger charge is 2.42. The SMILES string of the molecule is CC1CCCCN1C(=O)C1(CN)CCCCC1. The Morgan fingerprint density at radius 1 is 1.24 bits per heavy atom. The van der Waals surface area contributed by atoms with Crippen LogP contribution in [0.3, 0.4) is 0 Å². The number of amides is 1. The molecule has 0 spiro atoms. The Balaban J connectivity index is 2.10. The van der Waals surface area contributed by atoms with Gasteiger partial charge in [0.05, 0.1) is 5.41 Å². The molecule has 2 rings (SSSR count). The Labute approximate surface area is 105 Å². The van der Waals surface area contributed by atoms with Crippen LogP contribution in [0.5, 0.6) is 0 Å². The maximum atomic E-state index is 12.8. The lowest BCUT2D eigenvalue weighted by Gasteiger charge is -2.43. The van der Waals surface area contributed by atoms with E-state index in [2.05, 4.69) is 11.8 Å². The summed E-state index contributed by atoms with van der Waals surface area (Å²) in [6.07, 6.45) is 9.21. The van der Waals surface area contributed by atoms with Crippen molar-refractivity contribution in [3.05, 3.63) is 0 Å². The highest BCUT2D eigenvalue weighted by Crippen LogP contribution is 2.38. The van der Waals surface area contributed by atoms with E-state index in [1.807, 2.05) is 0 Å². The number of nitrogens with zero attached hydrogens (tertiary/aromatic N) is 1. The van der Waals surface area contributed by atoms with E-state index in [4.69, 9.17) is 5.73 Å². The second kappa shape index (κ2) is 5.38. The van der Waals surface area contributed by atoms with Gasteiger partial charge in [-0.25, -0.2) is 0 Å². The van der Waals surface area contributed by atoms with E-state index >= 15 is 0 Å². The largest absolute Gasteiger partial charge is 0.339 e. The Kier molecular flexibility index (Phi) is 4.08. The number of carbonyl (C=O) groups excluding carboxylic acids is 1. The smallest absolute Gasteiger partial charge is 0.230 e. The van der Waals surface area contributed by atoms with E-state index in [-0.39, 0.29) is 5.41 Å². The molecule has 0 aromatic heterocycles. The predicted molar refractivity (Wildman–Crippen MR) is 69.6 cm³/mol. The fourth-order valence-electron chi connectivity index (χ4n) is 3.44. The molecule has 1 heterocycles. The highest BCUT2D eigenvalue weighted by atomic mass is 16.2. The van der Waals surface area contributed by atoms with E-state index in [0.29, 0.717) is 18.5 Å².